The van der Waals surface area contributed by atoms with Crippen LogP contribution in [-0.4, -0.2) is 19.2 Å². The van der Waals surface area contributed by atoms with Gasteiger partial charge in [-0.05, 0) is 24.3 Å². The Labute approximate surface area is 179 Å². The van der Waals surface area contributed by atoms with Crippen LogP contribution in [-0.2, 0) is 16.2 Å². The second-order valence-corrected chi connectivity index (χ2v) is 8.51. The molecule has 1 aromatic carbocycles. The molecule has 0 radical (unpaired) electrons. The summed E-state index contributed by atoms with van der Waals surface area (Å²) in [6.07, 6.45) is -2.53. The van der Waals surface area contributed by atoms with Crippen molar-refractivity contribution in [2.24, 2.45) is 0 Å². The highest BCUT2D eigenvalue weighted by atomic mass is 35.5. The molecule has 0 atom stereocenters. The topological polar surface area (TPSA) is 103 Å². The molecule has 0 amide bonds. The Morgan fingerprint density at radius 1 is 1.19 bits per heavy atom. The average molecular weight is 472 g/mol. The van der Waals surface area contributed by atoms with E-state index in [9.17, 15) is 31.6 Å². The van der Waals surface area contributed by atoms with Gasteiger partial charge in [-0.3, -0.25) is 9.52 Å². The van der Waals surface area contributed by atoms with Gasteiger partial charge in [-0.2, -0.15) is 17.9 Å². The Hall–Kier alpha value is -3.18. The average Bonchev–Trinajstić information content (AvgIpc) is 2.69. The predicted molar refractivity (Wildman–Crippen MR) is 105 cm³/mol. The Balaban J connectivity index is 2.03. The van der Waals surface area contributed by atoms with E-state index in [1.165, 1.54) is 19.1 Å². The number of aryl methyl sites for hydroxylation is 1. The van der Waals surface area contributed by atoms with Gasteiger partial charge in [-0.15, -0.1) is 0 Å². The Morgan fingerprint density at radius 2 is 1.90 bits per heavy atom. The molecule has 1 N–H and O–H groups in total. The number of pyridine rings is 2. The summed E-state index contributed by atoms with van der Waals surface area (Å²) in [5, 5.41) is 11.5. The summed E-state index contributed by atoms with van der Waals surface area (Å²) in [6, 6.07) is 6.75. The molecule has 0 spiro atoms. The Morgan fingerprint density at radius 3 is 2.55 bits per heavy atom. The molecule has 7 nitrogen and oxygen atoms in total. The van der Waals surface area contributed by atoms with E-state index in [1.807, 2.05) is 0 Å². The van der Waals surface area contributed by atoms with E-state index < -0.39 is 32.4 Å². The Kier molecular flexibility index (Phi) is 5.92. The van der Waals surface area contributed by atoms with Crippen LogP contribution in [0.1, 0.15) is 27.3 Å². The van der Waals surface area contributed by atoms with E-state index >= 15 is 0 Å². The number of rotatable bonds is 5. The summed E-state index contributed by atoms with van der Waals surface area (Å²) in [7, 11) is -4.52. The van der Waals surface area contributed by atoms with Gasteiger partial charge in [0.05, 0.1) is 21.2 Å². The molecule has 0 saturated heterocycles. The molecule has 2 heterocycles. The molecule has 0 aliphatic rings. The van der Waals surface area contributed by atoms with Gasteiger partial charge in [0.2, 0.25) is 5.78 Å². The summed E-state index contributed by atoms with van der Waals surface area (Å²) in [6.45, 7) is 1.47. The molecule has 0 aliphatic carbocycles. The molecule has 12 heteroatoms. The SMILES string of the molecule is Cc1cc(C(=O)c2ncc(Cl)cc2NS(=O)(=O)c2cccc(C(F)(F)F)c2)cc[n+]1[O-]. The van der Waals surface area contributed by atoms with Gasteiger partial charge in [0.1, 0.15) is 5.69 Å². The van der Waals surface area contributed by atoms with Crippen LogP contribution in [0.4, 0.5) is 18.9 Å². The van der Waals surface area contributed by atoms with E-state index in [2.05, 4.69) is 9.71 Å². The molecular weight excluding hydrogens is 459 g/mol. The standard InChI is InChI=1S/C19H13ClF3N3O4S/c1-11-7-12(5-6-26(11)28)18(27)17-16(9-14(20)10-24-17)25-31(29,30)15-4-2-3-13(8-15)19(21,22)23/h2-10,25H,1H3. The van der Waals surface area contributed by atoms with Crippen molar-refractivity contribution in [2.75, 3.05) is 4.72 Å². The van der Waals surface area contributed by atoms with Crippen molar-refractivity contribution in [3.8, 4) is 0 Å². The molecular formula is C19H13ClF3N3O4S. The van der Waals surface area contributed by atoms with Crippen molar-refractivity contribution >= 4 is 33.1 Å². The van der Waals surface area contributed by atoms with E-state index in [1.54, 1.807) is 0 Å². The van der Waals surface area contributed by atoms with Crippen molar-refractivity contribution < 1.29 is 31.1 Å². The molecule has 3 aromatic rings. The van der Waals surface area contributed by atoms with Gasteiger partial charge >= 0.3 is 6.18 Å². The second-order valence-electron chi connectivity index (χ2n) is 6.39. The molecule has 0 fully saturated rings. The second kappa shape index (κ2) is 8.16. The monoisotopic (exact) mass is 471 g/mol. The third kappa shape index (κ3) is 4.94. The van der Waals surface area contributed by atoms with Crippen molar-refractivity contribution in [1.82, 2.24) is 4.98 Å². The maximum Gasteiger partial charge on any atom is 0.416 e. The first-order valence-corrected chi connectivity index (χ1v) is 10.3. The van der Waals surface area contributed by atoms with Crippen molar-refractivity contribution in [3.63, 3.8) is 0 Å². The summed E-state index contributed by atoms with van der Waals surface area (Å²) < 4.78 is 66.8. The molecule has 0 unspecified atom stereocenters. The minimum absolute atomic E-state index is 0.0139. The van der Waals surface area contributed by atoms with Gasteiger partial charge in [-0.1, -0.05) is 17.7 Å². The minimum Gasteiger partial charge on any atom is -0.619 e. The fourth-order valence-corrected chi connectivity index (χ4v) is 3.88. The van der Waals surface area contributed by atoms with Crippen LogP contribution in [0.2, 0.25) is 5.02 Å². The molecule has 3 rings (SSSR count). The number of sulfonamides is 1. The third-order valence-electron chi connectivity index (χ3n) is 4.15. The van der Waals surface area contributed by atoms with Crippen LogP contribution in [0.5, 0.6) is 0 Å². The lowest BCUT2D eigenvalue weighted by molar-refractivity contribution is -0.612. The number of anilines is 1. The van der Waals surface area contributed by atoms with Gasteiger partial charge in [0, 0.05) is 30.8 Å². The van der Waals surface area contributed by atoms with Crippen LogP contribution in [0.3, 0.4) is 0 Å². The number of ketones is 1. The van der Waals surface area contributed by atoms with Crippen LogP contribution in [0.15, 0.2) is 59.8 Å². The van der Waals surface area contributed by atoms with Gasteiger partial charge in [-0.25, -0.2) is 13.4 Å². The molecule has 162 valence electrons. The lowest BCUT2D eigenvalue weighted by atomic mass is 10.1. The largest absolute Gasteiger partial charge is 0.619 e. The van der Waals surface area contributed by atoms with E-state index in [-0.39, 0.29) is 27.7 Å². The highest BCUT2D eigenvalue weighted by molar-refractivity contribution is 7.92. The minimum atomic E-state index is -4.74. The van der Waals surface area contributed by atoms with Crippen LogP contribution >= 0.6 is 11.6 Å². The lowest BCUT2D eigenvalue weighted by Gasteiger charge is -2.13. The van der Waals surface area contributed by atoms with Crippen molar-refractivity contribution in [3.05, 3.63) is 87.6 Å². The first-order valence-electron chi connectivity index (χ1n) is 8.48. The zero-order chi connectivity index (χ0) is 23.0. The van der Waals surface area contributed by atoms with Crippen LogP contribution in [0, 0.1) is 12.1 Å². The number of halogens is 4. The van der Waals surface area contributed by atoms with Crippen molar-refractivity contribution in [2.45, 2.75) is 18.0 Å². The smallest absolute Gasteiger partial charge is 0.416 e. The number of carbonyl (C=O) groups is 1. The maximum atomic E-state index is 12.9. The zero-order valence-corrected chi connectivity index (χ0v) is 17.2. The highest BCUT2D eigenvalue weighted by Gasteiger charge is 2.32. The van der Waals surface area contributed by atoms with Crippen molar-refractivity contribution in [1.29, 1.82) is 0 Å². The number of benzene rings is 1. The molecule has 2 aromatic heterocycles. The summed E-state index contributed by atoms with van der Waals surface area (Å²) >= 11 is 5.87. The summed E-state index contributed by atoms with van der Waals surface area (Å²) in [5.41, 5.74) is -1.55. The number of alkyl halides is 3. The first kappa shape index (κ1) is 22.5. The van der Waals surface area contributed by atoms with Gasteiger partial charge < -0.3 is 5.21 Å². The fourth-order valence-electron chi connectivity index (χ4n) is 2.62. The normalized spacial score (nSPS) is 11.9. The molecule has 0 bridgehead atoms. The number of nitrogens with one attached hydrogen (secondary N) is 1. The number of aromatic nitrogens is 2. The fraction of sp³-hybridized carbons (Fsp3) is 0.105. The lowest BCUT2D eigenvalue weighted by Crippen LogP contribution is -2.29. The van der Waals surface area contributed by atoms with E-state index in [0.29, 0.717) is 10.8 Å². The number of hydrogen-bond acceptors (Lipinski definition) is 5. The quantitative estimate of drug-likeness (QED) is 0.347. The first-order chi connectivity index (χ1) is 14.4. The molecule has 31 heavy (non-hydrogen) atoms. The Bertz CT molecular complexity index is 1280. The summed E-state index contributed by atoms with van der Waals surface area (Å²) in [5.74, 6) is -0.720. The van der Waals surface area contributed by atoms with Crippen LogP contribution < -0.4 is 9.45 Å². The molecule has 0 aliphatic heterocycles. The van der Waals surface area contributed by atoms with Gasteiger partial charge in [0.25, 0.3) is 10.0 Å². The maximum absolute atomic E-state index is 12.9. The van der Waals surface area contributed by atoms with E-state index in [0.717, 1.165) is 36.7 Å². The highest BCUT2D eigenvalue weighted by Crippen LogP contribution is 2.31. The van der Waals surface area contributed by atoms with Gasteiger partial charge in [0.15, 0.2) is 11.9 Å². The number of nitrogens with zero attached hydrogens (tertiary/aromatic N) is 2. The summed E-state index contributed by atoms with van der Waals surface area (Å²) in [4.78, 5) is 16.1. The predicted octanol–water partition coefficient (Wildman–Crippen LogP) is 3.73. The van der Waals surface area contributed by atoms with E-state index in [4.69, 9.17) is 11.6 Å². The number of hydrogen-bond donors (Lipinski definition) is 1. The zero-order valence-electron chi connectivity index (χ0n) is 15.6. The molecule has 0 saturated carbocycles. The number of carbonyl (C=O) groups excluding carboxylic acids is 1. The van der Waals surface area contributed by atoms with Crippen LogP contribution in [0.25, 0.3) is 0 Å². The third-order valence-corrected chi connectivity index (χ3v) is 5.72.